The molecule has 0 spiro atoms. The zero-order valence-corrected chi connectivity index (χ0v) is 15.2. The van der Waals surface area contributed by atoms with E-state index in [-0.39, 0.29) is 17.2 Å². The lowest BCUT2D eigenvalue weighted by molar-refractivity contribution is 0.0954. The van der Waals surface area contributed by atoms with Gasteiger partial charge in [0, 0.05) is 11.1 Å². The van der Waals surface area contributed by atoms with Crippen molar-refractivity contribution in [2.45, 2.75) is 13.5 Å². The molecule has 2 heterocycles. The summed E-state index contributed by atoms with van der Waals surface area (Å²) in [6.07, 6.45) is 0. The molecule has 8 nitrogen and oxygen atoms in total. The quantitative estimate of drug-likeness (QED) is 0.550. The molecule has 0 amide bonds. The van der Waals surface area contributed by atoms with Crippen molar-refractivity contribution in [1.29, 1.82) is 0 Å². The van der Waals surface area contributed by atoms with Crippen LogP contribution in [0, 0.1) is 11.7 Å². The Bertz CT molecular complexity index is 1140. The van der Waals surface area contributed by atoms with Crippen LogP contribution in [0.5, 0.6) is 0 Å². The van der Waals surface area contributed by atoms with Gasteiger partial charge in [-0.25, -0.2) is 4.57 Å². The molecule has 0 saturated carbocycles. The topological polar surface area (TPSA) is 94.3 Å². The Morgan fingerprint density at radius 3 is 2.59 bits per heavy atom. The predicted molar refractivity (Wildman–Crippen MR) is 101 cm³/mol. The molecular weight excluding hydrogens is 362 g/mol. The molecule has 1 N–H and O–H groups in total. The number of H-pyrrole nitrogens is 1. The smallest absolute Gasteiger partial charge is 0.265 e. The summed E-state index contributed by atoms with van der Waals surface area (Å²) in [6.45, 7) is 2.12. The SMILES string of the molecule is Cc1ccc(C(=O)n2c(Cn3nnc(-c4ccccc4)n3)n[nH]c2=S)cc1. The first-order valence-electron chi connectivity index (χ1n) is 8.23. The third-order valence-electron chi connectivity index (χ3n) is 4.01. The molecule has 0 aliphatic carbocycles. The summed E-state index contributed by atoms with van der Waals surface area (Å²) in [5.74, 6) is 0.649. The summed E-state index contributed by atoms with van der Waals surface area (Å²) in [5.41, 5.74) is 2.46. The van der Waals surface area contributed by atoms with Crippen molar-refractivity contribution in [2.75, 3.05) is 0 Å². The van der Waals surface area contributed by atoms with Crippen LogP contribution in [0.25, 0.3) is 11.4 Å². The van der Waals surface area contributed by atoms with Crippen LogP contribution in [0.1, 0.15) is 21.7 Å². The summed E-state index contributed by atoms with van der Waals surface area (Å²) in [5, 5.41) is 19.3. The van der Waals surface area contributed by atoms with E-state index >= 15 is 0 Å². The molecule has 0 aliphatic rings. The van der Waals surface area contributed by atoms with E-state index in [1.165, 1.54) is 9.36 Å². The number of aryl methyl sites for hydroxylation is 1. The van der Waals surface area contributed by atoms with Crippen LogP contribution in [0.15, 0.2) is 54.6 Å². The van der Waals surface area contributed by atoms with E-state index in [9.17, 15) is 4.79 Å². The van der Waals surface area contributed by atoms with Gasteiger partial charge >= 0.3 is 0 Å². The Morgan fingerprint density at radius 2 is 1.85 bits per heavy atom. The molecule has 0 saturated heterocycles. The number of hydrogen-bond acceptors (Lipinski definition) is 6. The summed E-state index contributed by atoms with van der Waals surface area (Å²) in [6, 6.07) is 16.8. The molecule has 0 fully saturated rings. The van der Waals surface area contributed by atoms with E-state index in [0.717, 1.165) is 11.1 Å². The Morgan fingerprint density at radius 1 is 1.11 bits per heavy atom. The van der Waals surface area contributed by atoms with Gasteiger partial charge in [0.1, 0.15) is 6.54 Å². The van der Waals surface area contributed by atoms with Crippen LogP contribution < -0.4 is 0 Å². The van der Waals surface area contributed by atoms with Crippen LogP contribution in [-0.2, 0) is 6.54 Å². The van der Waals surface area contributed by atoms with E-state index < -0.39 is 0 Å². The molecule has 4 aromatic rings. The number of tetrazole rings is 1. The monoisotopic (exact) mass is 377 g/mol. The lowest BCUT2D eigenvalue weighted by Crippen LogP contribution is -2.18. The molecule has 0 atom stereocenters. The minimum absolute atomic E-state index is 0.157. The molecule has 27 heavy (non-hydrogen) atoms. The number of carbonyl (C=O) groups excluding carboxylic acids is 1. The van der Waals surface area contributed by atoms with Gasteiger partial charge in [0.15, 0.2) is 5.82 Å². The summed E-state index contributed by atoms with van der Waals surface area (Å²) in [4.78, 5) is 14.2. The maximum atomic E-state index is 12.8. The average molecular weight is 377 g/mol. The number of hydrogen-bond donors (Lipinski definition) is 1. The number of rotatable bonds is 4. The highest BCUT2D eigenvalue weighted by atomic mass is 32.1. The minimum Gasteiger partial charge on any atom is -0.268 e. The second kappa shape index (κ2) is 7.04. The Labute approximate surface area is 159 Å². The lowest BCUT2D eigenvalue weighted by Gasteiger charge is -2.05. The van der Waals surface area contributed by atoms with Crippen LogP contribution in [0.2, 0.25) is 0 Å². The van der Waals surface area contributed by atoms with Crippen LogP contribution in [-0.4, -0.2) is 40.9 Å². The largest absolute Gasteiger partial charge is 0.268 e. The highest BCUT2D eigenvalue weighted by Crippen LogP contribution is 2.13. The lowest BCUT2D eigenvalue weighted by atomic mass is 10.1. The molecule has 4 rings (SSSR count). The van der Waals surface area contributed by atoms with Gasteiger partial charge in [0.2, 0.25) is 10.6 Å². The van der Waals surface area contributed by atoms with Gasteiger partial charge in [-0.3, -0.25) is 9.89 Å². The maximum Gasteiger partial charge on any atom is 0.265 e. The zero-order valence-electron chi connectivity index (χ0n) is 14.4. The second-order valence-corrected chi connectivity index (χ2v) is 6.35. The molecule has 134 valence electrons. The minimum atomic E-state index is -0.257. The first-order valence-corrected chi connectivity index (χ1v) is 8.63. The van der Waals surface area contributed by atoms with Crippen LogP contribution in [0.4, 0.5) is 0 Å². The molecule has 2 aromatic carbocycles. The van der Waals surface area contributed by atoms with Crippen LogP contribution in [0.3, 0.4) is 0 Å². The van der Waals surface area contributed by atoms with Gasteiger partial charge < -0.3 is 0 Å². The van der Waals surface area contributed by atoms with Crippen molar-refractivity contribution in [3.63, 3.8) is 0 Å². The third kappa shape index (κ3) is 3.44. The molecule has 9 heteroatoms. The Balaban J connectivity index is 1.63. The van der Waals surface area contributed by atoms with E-state index in [4.69, 9.17) is 12.2 Å². The summed E-state index contributed by atoms with van der Waals surface area (Å²) >= 11 is 5.23. The number of aromatic amines is 1. The van der Waals surface area contributed by atoms with Crippen molar-refractivity contribution in [3.05, 3.63) is 76.3 Å². The molecule has 0 radical (unpaired) electrons. The number of nitrogens with zero attached hydrogens (tertiary/aromatic N) is 6. The third-order valence-corrected chi connectivity index (χ3v) is 4.28. The number of benzene rings is 2. The van der Waals surface area contributed by atoms with E-state index in [1.807, 2.05) is 49.4 Å². The highest BCUT2D eigenvalue weighted by Gasteiger charge is 2.17. The standard InChI is InChI=1S/C18H15N7OS/c1-12-7-9-14(10-8-12)17(26)25-15(19-21-18(25)27)11-24-22-16(20-23-24)13-5-3-2-4-6-13/h2-10H,11H2,1H3,(H,21,27). The molecule has 2 aromatic heterocycles. The highest BCUT2D eigenvalue weighted by molar-refractivity contribution is 7.71. The fourth-order valence-electron chi connectivity index (χ4n) is 2.61. The fraction of sp³-hybridized carbons (Fsp3) is 0.111. The van der Waals surface area contributed by atoms with Crippen molar-refractivity contribution in [3.8, 4) is 11.4 Å². The van der Waals surface area contributed by atoms with Crippen molar-refractivity contribution >= 4 is 18.1 Å². The summed E-state index contributed by atoms with van der Waals surface area (Å²) in [7, 11) is 0. The van der Waals surface area contributed by atoms with Gasteiger partial charge in [-0.15, -0.1) is 10.2 Å². The Hall–Kier alpha value is -3.46. The van der Waals surface area contributed by atoms with Crippen molar-refractivity contribution in [1.82, 2.24) is 35.0 Å². The van der Waals surface area contributed by atoms with Gasteiger partial charge in [-0.2, -0.15) is 9.90 Å². The van der Waals surface area contributed by atoms with Crippen molar-refractivity contribution < 1.29 is 4.79 Å². The number of nitrogens with one attached hydrogen (secondary N) is 1. The van der Waals surface area contributed by atoms with E-state index in [1.54, 1.807) is 12.1 Å². The average Bonchev–Trinajstić information content (AvgIpc) is 3.30. The maximum absolute atomic E-state index is 12.8. The van der Waals surface area contributed by atoms with Gasteiger partial charge in [-0.1, -0.05) is 48.0 Å². The first kappa shape index (κ1) is 17.0. The fourth-order valence-corrected chi connectivity index (χ4v) is 2.84. The van der Waals surface area contributed by atoms with Crippen molar-refractivity contribution in [2.24, 2.45) is 0 Å². The van der Waals surface area contributed by atoms with Gasteiger partial charge in [0.05, 0.1) is 0 Å². The van der Waals surface area contributed by atoms with Crippen LogP contribution >= 0.6 is 12.2 Å². The van der Waals surface area contributed by atoms with E-state index in [0.29, 0.717) is 17.2 Å². The number of carbonyl (C=O) groups is 1. The second-order valence-electron chi connectivity index (χ2n) is 5.96. The molecule has 0 unspecified atom stereocenters. The number of aromatic nitrogens is 7. The van der Waals surface area contributed by atoms with Gasteiger partial charge in [0.25, 0.3) is 5.91 Å². The normalized spacial score (nSPS) is 10.9. The molecular formula is C18H15N7OS. The summed E-state index contributed by atoms with van der Waals surface area (Å²) < 4.78 is 1.57. The van der Waals surface area contributed by atoms with E-state index in [2.05, 4.69) is 25.6 Å². The molecule has 0 bridgehead atoms. The molecule has 0 aliphatic heterocycles. The van der Waals surface area contributed by atoms with Gasteiger partial charge in [-0.05, 0) is 36.5 Å². The predicted octanol–water partition coefficient (Wildman–Crippen LogP) is 2.64. The Kier molecular flexibility index (Phi) is 4.43. The zero-order chi connectivity index (χ0) is 18.8. The first-order chi connectivity index (χ1) is 13.1.